The second kappa shape index (κ2) is 5.84. The SMILES string of the molecule is CC(=O)c1cncc2cnn(COCC[Si](C)(C)C)c12. The Labute approximate surface area is 120 Å². The predicted molar refractivity (Wildman–Crippen MR) is 81.6 cm³/mol. The van der Waals surface area contributed by atoms with E-state index < -0.39 is 8.07 Å². The molecule has 5 nitrogen and oxygen atoms in total. The summed E-state index contributed by atoms with van der Waals surface area (Å²) >= 11 is 0. The average Bonchev–Trinajstić information content (AvgIpc) is 2.76. The first kappa shape index (κ1) is 14.9. The van der Waals surface area contributed by atoms with E-state index in [0.29, 0.717) is 12.3 Å². The lowest BCUT2D eigenvalue weighted by Gasteiger charge is -2.15. The zero-order chi connectivity index (χ0) is 14.8. The second-order valence-corrected chi connectivity index (χ2v) is 11.8. The van der Waals surface area contributed by atoms with Gasteiger partial charge in [-0.15, -0.1) is 0 Å². The third-order valence-corrected chi connectivity index (χ3v) is 4.83. The van der Waals surface area contributed by atoms with Crippen LogP contribution in [0.3, 0.4) is 0 Å². The number of ketones is 1. The Bertz CT molecular complexity index is 616. The second-order valence-electron chi connectivity index (χ2n) is 6.17. The minimum atomic E-state index is -1.08. The van der Waals surface area contributed by atoms with E-state index in [1.54, 1.807) is 30.2 Å². The maximum Gasteiger partial charge on any atom is 0.163 e. The molecule has 108 valence electrons. The van der Waals surface area contributed by atoms with Crippen LogP contribution >= 0.6 is 0 Å². The third kappa shape index (κ3) is 3.52. The van der Waals surface area contributed by atoms with Crippen LogP contribution in [0.2, 0.25) is 25.7 Å². The minimum absolute atomic E-state index is 0.00745. The summed E-state index contributed by atoms with van der Waals surface area (Å²) in [5.41, 5.74) is 1.40. The Balaban J connectivity index is 2.13. The van der Waals surface area contributed by atoms with Gasteiger partial charge in [-0.05, 0) is 13.0 Å². The molecule has 0 fully saturated rings. The van der Waals surface area contributed by atoms with Crippen molar-refractivity contribution in [3.05, 3.63) is 24.2 Å². The van der Waals surface area contributed by atoms with Crippen LogP contribution < -0.4 is 0 Å². The van der Waals surface area contributed by atoms with Crippen molar-refractivity contribution >= 4 is 24.8 Å². The van der Waals surface area contributed by atoms with Crippen molar-refractivity contribution in [2.24, 2.45) is 0 Å². The Morgan fingerprint density at radius 1 is 1.30 bits per heavy atom. The number of rotatable bonds is 6. The predicted octanol–water partition coefficient (Wildman–Crippen LogP) is 2.95. The summed E-state index contributed by atoms with van der Waals surface area (Å²) in [6.07, 6.45) is 5.02. The number of pyridine rings is 1. The molecule has 0 saturated carbocycles. The molecule has 0 aliphatic rings. The summed E-state index contributed by atoms with van der Waals surface area (Å²) in [7, 11) is -1.08. The minimum Gasteiger partial charge on any atom is -0.360 e. The Morgan fingerprint density at radius 2 is 2.05 bits per heavy atom. The molecule has 0 radical (unpaired) electrons. The van der Waals surface area contributed by atoms with E-state index in [2.05, 4.69) is 29.7 Å². The quantitative estimate of drug-likeness (QED) is 0.466. The van der Waals surface area contributed by atoms with Crippen LogP contribution in [0.1, 0.15) is 17.3 Å². The van der Waals surface area contributed by atoms with Gasteiger partial charge in [0.1, 0.15) is 6.73 Å². The number of hydrogen-bond donors (Lipinski definition) is 0. The summed E-state index contributed by atoms with van der Waals surface area (Å²) < 4.78 is 7.43. The maximum atomic E-state index is 11.7. The van der Waals surface area contributed by atoms with Gasteiger partial charge in [0.2, 0.25) is 0 Å². The first-order chi connectivity index (χ1) is 9.38. The van der Waals surface area contributed by atoms with E-state index in [-0.39, 0.29) is 5.78 Å². The van der Waals surface area contributed by atoms with Gasteiger partial charge in [0.15, 0.2) is 5.78 Å². The molecule has 0 spiro atoms. The zero-order valence-electron chi connectivity index (χ0n) is 12.5. The molecule has 2 aromatic heterocycles. The molecule has 0 aliphatic carbocycles. The van der Waals surface area contributed by atoms with Crippen LogP contribution in [0, 0.1) is 0 Å². The molecule has 6 heteroatoms. The molecular weight excluding hydrogens is 270 g/mol. The van der Waals surface area contributed by atoms with Gasteiger partial charge in [-0.2, -0.15) is 5.10 Å². The van der Waals surface area contributed by atoms with Gasteiger partial charge in [0.25, 0.3) is 0 Å². The first-order valence-corrected chi connectivity index (χ1v) is 10.5. The van der Waals surface area contributed by atoms with Crippen molar-refractivity contribution in [3.8, 4) is 0 Å². The van der Waals surface area contributed by atoms with Gasteiger partial charge in [-0.1, -0.05) is 19.6 Å². The number of hydrogen-bond acceptors (Lipinski definition) is 4. The molecule has 0 amide bonds. The molecule has 0 N–H and O–H groups in total. The maximum absolute atomic E-state index is 11.7. The fraction of sp³-hybridized carbons (Fsp3) is 0.500. The van der Waals surface area contributed by atoms with Crippen molar-refractivity contribution in [1.29, 1.82) is 0 Å². The number of Topliss-reactive ketones (excluding diaryl/α,β-unsaturated/α-hetero) is 1. The van der Waals surface area contributed by atoms with E-state index in [1.807, 2.05) is 0 Å². The van der Waals surface area contributed by atoms with E-state index in [9.17, 15) is 4.79 Å². The number of fused-ring (bicyclic) bond motifs is 1. The topological polar surface area (TPSA) is 57.0 Å². The molecule has 20 heavy (non-hydrogen) atoms. The molecule has 0 atom stereocenters. The van der Waals surface area contributed by atoms with Gasteiger partial charge >= 0.3 is 0 Å². The Morgan fingerprint density at radius 3 is 2.70 bits per heavy atom. The van der Waals surface area contributed by atoms with E-state index in [4.69, 9.17) is 4.74 Å². The Hall–Kier alpha value is -1.53. The Kier molecular flexibility index (Phi) is 4.34. The summed E-state index contributed by atoms with van der Waals surface area (Å²) in [6, 6.07) is 1.12. The highest BCUT2D eigenvalue weighted by Crippen LogP contribution is 2.18. The standard InChI is InChI=1S/C14H21N3O2Si/c1-11(18)13-9-15-7-12-8-16-17(14(12)13)10-19-5-6-20(2,3)4/h7-9H,5-6,10H2,1-4H3. The van der Waals surface area contributed by atoms with E-state index in [0.717, 1.165) is 23.6 Å². The molecular formula is C14H21N3O2Si. The van der Waals surface area contributed by atoms with Gasteiger partial charge < -0.3 is 4.74 Å². The average molecular weight is 291 g/mol. The lowest BCUT2D eigenvalue weighted by atomic mass is 10.1. The summed E-state index contributed by atoms with van der Waals surface area (Å²) in [4.78, 5) is 15.7. The monoisotopic (exact) mass is 291 g/mol. The van der Waals surface area contributed by atoms with Crippen LogP contribution in [-0.2, 0) is 11.5 Å². The zero-order valence-corrected chi connectivity index (χ0v) is 13.5. The molecule has 2 rings (SSSR count). The number of nitrogens with zero attached hydrogens (tertiary/aromatic N) is 3. The largest absolute Gasteiger partial charge is 0.360 e. The van der Waals surface area contributed by atoms with Gasteiger partial charge in [0.05, 0.1) is 17.3 Å². The number of ether oxygens (including phenoxy) is 1. The molecule has 0 aliphatic heterocycles. The number of aromatic nitrogens is 3. The van der Waals surface area contributed by atoms with Crippen LogP contribution in [0.5, 0.6) is 0 Å². The third-order valence-electron chi connectivity index (χ3n) is 3.13. The number of carbonyl (C=O) groups is 1. The highest BCUT2D eigenvalue weighted by Gasteiger charge is 2.14. The molecule has 0 saturated heterocycles. The summed E-state index contributed by atoms with van der Waals surface area (Å²) in [6.45, 7) is 9.60. The van der Waals surface area contributed by atoms with Gasteiger partial charge in [-0.25, -0.2) is 4.68 Å². The highest BCUT2D eigenvalue weighted by molar-refractivity contribution is 6.76. The van der Waals surface area contributed by atoms with E-state index >= 15 is 0 Å². The molecule has 0 bridgehead atoms. The lowest BCUT2D eigenvalue weighted by molar-refractivity contribution is 0.0814. The van der Waals surface area contributed by atoms with Crippen molar-refractivity contribution < 1.29 is 9.53 Å². The highest BCUT2D eigenvalue weighted by atomic mass is 28.3. The molecule has 2 heterocycles. The van der Waals surface area contributed by atoms with Crippen LogP contribution in [-0.4, -0.2) is 35.2 Å². The van der Waals surface area contributed by atoms with E-state index in [1.165, 1.54) is 0 Å². The van der Waals surface area contributed by atoms with Gasteiger partial charge in [0, 0.05) is 32.5 Å². The molecule has 0 aromatic carbocycles. The molecule has 0 unspecified atom stereocenters. The summed E-state index contributed by atoms with van der Waals surface area (Å²) in [5.74, 6) is -0.00745. The van der Waals surface area contributed by atoms with Crippen LogP contribution in [0.4, 0.5) is 0 Å². The van der Waals surface area contributed by atoms with Crippen molar-refractivity contribution in [2.45, 2.75) is 39.3 Å². The van der Waals surface area contributed by atoms with Crippen LogP contribution in [0.15, 0.2) is 18.6 Å². The number of carbonyl (C=O) groups excluding carboxylic acids is 1. The van der Waals surface area contributed by atoms with Crippen molar-refractivity contribution in [2.75, 3.05) is 6.61 Å². The van der Waals surface area contributed by atoms with Crippen molar-refractivity contribution in [1.82, 2.24) is 14.8 Å². The van der Waals surface area contributed by atoms with Crippen LogP contribution in [0.25, 0.3) is 10.9 Å². The van der Waals surface area contributed by atoms with Gasteiger partial charge in [-0.3, -0.25) is 9.78 Å². The summed E-state index contributed by atoms with van der Waals surface area (Å²) in [5, 5.41) is 5.15. The normalized spacial score (nSPS) is 12.0. The smallest absolute Gasteiger partial charge is 0.163 e. The fourth-order valence-corrected chi connectivity index (χ4v) is 2.68. The van der Waals surface area contributed by atoms with Crippen molar-refractivity contribution in [3.63, 3.8) is 0 Å². The first-order valence-electron chi connectivity index (χ1n) is 6.77. The fourth-order valence-electron chi connectivity index (χ4n) is 1.93. The lowest BCUT2D eigenvalue weighted by Crippen LogP contribution is -2.22. The molecule has 2 aromatic rings.